The molecule has 0 saturated heterocycles. The number of nitrogens with zero attached hydrogens (tertiary/aromatic N) is 1. The van der Waals surface area contributed by atoms with Crippen LogP contribution in [0.5, 0.6) is 5.75 Å². The average Bonchev–Trinajstić information content (AvgIpc) is 3.21. The van der Waals surface area contributed by atoms with Crippen LogP contribution in [0, 0.1) is 0 Å². The van der Waals surface area contributed by atoms with Crippen molar-refractivity contribution in [2.75, 3.05) is 13.7 Å². The second-order valence-corrected chi connectivity index (χ2v) is 6.87. The van der Waals surface area contributed by atoms with Crippen molar-refractivity contribution < 1.29 is 9.53 Å². The van der Waals surface area contributed by atoms with Gasteiger partial charge in [0.25, 0.3) is 5.91 Å². The number of nitrogens with one attached hydrogen (secondary N) is 2. The van der Waals surface area contributed by atoms with Gasteiger partial charge in [-0.05, 0) is 29.8 Å². The second-order valence-electron chi connectivity index (χ2n) is 6.87. The van der Waals surface area contributed by atoms with Crippen molar-refractivity contribution in [3.63, 3.8) is 0 Å². The number of hydrogen-bond acceptors (Lipinski definition) is 3. The van der Waals surface area contributed by atoms with Crippen LogP contribution in [-0.4, -0.2) is 29.5 Å². The van der Waals surface area contributed by atoms with Gasteiger partial charge in [0.1, 0.15) is 11.6 Å². The van der Waals surface area contributed by atoms with E-state index in [4.69, 9.17) is 4.74 Å². The van der Waals surface area contributed by atoms with Gasteiger partial charge in [0, 0.05) is 24.1 Å². The lowest BCUT2D eigenvalue weighted by atomic mass is 10.0. The van der Waals surface area contributed by atoms with Gasteiger partial charge in [-0.1, -0.05) is 60.7 Å². The standard InChI is InChI=1S/C25H23N3O2/c1-30-23-14-8-5-11-19(23)17-20(18-9-3-2-4-10-18)25(29)26-16-15-24-27-21-12-6-7-13-22(21)28-24/h2-14,17H,15-16H2,1H3,(H,26,29)(H,27,28)/b20-17+. The van der Waals surface area contributed by atoms with Crippen molar-refractivity contribution in [2.24, 2.45) is 0 Å². The minimum absolute atomic E-state index is 0.136. The highest BCUT2D eigenvalue weighted by Crippen LogP contribution is 2.24. The summed E-state index contributed by atoms with van der Waals surface area (Å²) in [4.78, 5) is 20.9. The molecule has 0 saturated carbocycles. The lowest BCUT2D eigenvalue weighted by molar-refractivity contribution is -0.115. The first-order valence-corrected chi connectivity index (χ1v) is 9.86. The summed E-state index contributed by atoms with van der Waals surface area (Å²) in [6.07, 6.45) is 2.49. The Hall–Kier alpha value is -3.86. The molecule has 1 amide bonds. The topological polar surface area (TPSA) is 67.0 Å². The number of methoxy groups -OCH3 is 1. The first-order valence-electron chi connectivity index (χ1n) is 9.86. The predicted molar refractivity (Wildman–Crippen MR) is 120 cm³/mol. The summed E-state index contributed by atoms with van der Waals surface area (Å²) < 4.78 is 5.44. The molecule has 4 aromatic rings. The molecule has 1 aromatic heterocycles. The highest BCUT2D eigenvalue weighted by atomic mass is 16.5. The van der Waals surface area contributed by atoms with Crippen molar-refractivity contribution in [1.29, 1.82) is 0 Å². The Balaban J connectivity index is 1.53. The van der Waals surface area contributed by atoms with E-state index in [0.717, 1.165) is 33.7 Å². The van der Waals surface area contributed by atoms with Gasteiger partial charge >= 0.3 is 0 Å². The number of amides is 1. The first kappa shape index (κ1) is 19.5. The zero-order valence-corrected chi connectivity index (χ0v) is 16.8. The number of ether oxygens (including phenoxy) is 1. The van der Waals surface area contributed by atoms with Gasteiger partial charge in [0.05, 0.1) is 18.1 Å². The van der Waals surface area contributed by atoms with Crippen molar-refractivity contribution in [2.45, 2.75) is 6.42 Å². The summed E-state index contributed by atoms with van der Waals surface area (Å²) in [6.45, 7) is 0.481. The molecule has 0 spiro atoms. The van der Waals surface area contributed by atoms with Gasteiger partial charge in [-0.3, -0.25) is 4.79 Å². The van der Waals surface area contributed by atoms with Crippen LogP contribution in [0.1, 0.15) is 17.0 Å². The maximum atomic E-state index is 13.1. The molecular formula is C25H23N3O2. The molecule has 150 valence electrons. The maximum Gasteiger partial charge on any atom is 0.251 e. The second kappa shape index (κ2) is 9.09. The van der Waals surface area contributed by atoms with Crippen LogP contribution in [0.25, 0.3) is 22.7 Å². The number of hydrogen-bond donors (Lipinski definition) is 2. The van der Waals surface area contributed by atoms with Crippen LogP contribution < -0.4 is 10.1 Å². The molecular weight excluding hydrogens is 374 g/mol. The molecule has 5 heteroatoms. The van der Waals surface area contributed by atoms with Gasteiger partial charge < -0.3 is 15.0 Å². The van der Waals surface area contributed by atoms with Gasteiger partial charge in [-0.2, -0.15) is 0 Å². The molecule has 0 aliphatic carbocycles. The molecule has 0 fully saturated rings. The Kier molecular flexibility index (Phi) is 5.90. The summed E-state index contributed by atoms with van der Waals surface area (Å²) in [7, 11) is 1.63. The number of para-hydroxylation sites is 3. The summed E-state index contributed by atoms with van der Waals surface area (Å²) in [6, 6.07) is 25.2. The number of H-pyrrole nitrogens is 1. The van der Waals surface area contributed by atoms with E-state index >= 15 is 0 Å². The average molecular weight is 397 g/mol. The Morgan fingerprint density at radius 1 is 1.00 bits per heavy atom. The van der Waals surface area contributed by atoms with E-state index in [1.807, 2.05) is 84.9 Å². The number of benzene rings is 3. The number of carbonyl (C=O) groups is 1. The molecule has 5 nitrogen and oxygen atoms in total. The maximum absolute atomic E-state index is 13.1. The number of rotatable bonds is 7. The third-order valence-electron chi connectivity index (χ3n) is 4.85. The highest BCUT2D eigenvalue weighted by molar-refractivity contribution is 6.24. The third-order valence-corrected chi connectivity index (χ3v) is 4.85. The SMILES string of the molecule is COc1ccccc1/C=C(/C(=O)NCCc1nc2ccccc2[nH]1)c1ccccc1. The number of aromatic amines is 1. The molecule has 0 bridgehead atoms. The summed E-state index contributed by atoms with van der Waals surface area (Å²) in [5, 5.41) is 3.02. The highest BCUT2D eigenvalue weighted by Gasteiger charge is 2.13. The van der Waals surface area contributed by atoms with Crippen LogP contribution in [0.15, 0.2) is 78.9 Å². The van der Waals surface area contributed by atoms with E-state index in [-0.39, 0.29) is 5.91 Å². The lowest BCUT2D eigenvalue weighted by Crippen LogP contribution is -2.26. The molecule has 0 aliphatic rings. The number of aromatic nitrogens is 2. The Bertz CT molecular complexity index is 1150. The van der Waals surface area contributed by atoms with Crippen LogP contribution >= 0.6 is 0 Å². The van der Waals surface area contributed by atoms with Crippen LogP contribution in [0.4, 0.5) is 0 Å². The Morgan fingerprint density at radius 2 is 1.73 bits per heavy atom. The molecule has 4 rings (SSSR count). The molecule has 2 N–H and O–H groups in total. The zero-order chi connectivity index (χ0) is 20.8. The summed E-state index contributed by atoms with van der Waals surface area (Å²) in [5.74, 6) is 1.44. The fraction of sp³-hybridized carbons (Fsp3) is 0.120. The van der Waals surface area contributed by atoms with Crippen molar-refractivity contribution in [3.8, 4) is 5.75 Å². The molecule has 30 heavy (non-hydrogen) atoms. The van der Waals surface area contributed by atoms with Crippen LogP contribution in [0.3, 0.4) is 0 Å². The Labute approximate surface area is 175 Å². The van der Waals surface area contributed by atoms with Gasteiger partial charge in [-0.25, -0.2) is 4.98 Å². The van der Waals surface area contributed by atoms with Crippen molar-refractivity contribution in [1.82, 2.24) is 15.3 Å². The van der Waals surface area contributed by atoms with Crippen molar-refractivity contribution in [3.05, 3.63) is 95.8 Å². The quantitative estimate of drug-likeness (QED) is 0.357. The van der Waals surface area contributed by atoms with E-state index in [9.17, 15) is 4.79 Å². The monoisotopic (exact) mass is 397 g/mol. The van der Waals surface area contributed by atoms with E-state index < -0.39 is 0 Å². The van der Waals surface area contributed by atoms with E-state index in [2.05, 4.69) is 15.3 Å². The molecule has 0 aliphatic heterocycles. The lowest BCUT2D eigenvalue weighted by Gasteiger charge is -2.11. The van der Waals surface area contributed by atoms with E-state index in [1.165, 1.54) is 0 Å². The fourth-order valence-electron chi connectivity index (χ4n) is 3.35. The number of fused-ring (bicyclic) bond motifs is 1. The zero-order valence-electron chi connectivity index (χ0n) is 16.8. The minimum Gasteiger partial charge on any atom is -0.496 e. The van der Waals surface area contributed by atoms with E-state index in [0.29, 0.717) is 18.5 Å². The number of imidazole rings is 1. The normalized spacial score (nSPS) is 11.4. The third kappa shape index (κ3) is 4.41. The predicted octanol–water partition coefficient (Wildman–Crippen LogP) is 4.47. The number of carbonyl (C=O) groups excluding carboxylic acids is 1. The largest absolute Gasteiger partial charge is 0.496 e. The molecule has 0 atom stereocenters. The molecule has 0 unspecified atom stereocenters. The summed E-state index contributed by atoms with van der Waals surface area (Å²) >= 11 is 0. The van der Waals surface area contributed by atoms with Gasteiger partial charge in [0.15, 0.2) is 0 Å². The molecule has 3 aromatic carbocycles. The van der Waals surface area contributed by atoms with Gasteiger partial charge in [-0.15, -0.1) is 0 Å². The van der Waals surface area contributed by atoms with Crippen LogP contribution in [0.2, 0.25) is 0 Å². The van der Waals surface area contributed by atoms with Crippen LogP contribution in [-0.2, 0) is 11.2 Å². The van der Waals surface area contributed by atoms with Crippen molar-refractivity contribution >= 4 is 28.6 Å². The minimum atomic E-state index is -0.136. The summed E-state index contributed by atoms with van der Waals surface area (Å²) in [5.41, 5.74) is 4.22. The first-order chi connectivity index (χ1) is 14.7. The van der Waals surface area contributed by atoms with E-state index in [1.54, 1.807) is 7.11 Å². The Morgan fingerprint density at radius 3 is 2.53 bits per heavy atom. The fourth-order valence-corrected chi connectivity index (χ4v) is 3.35. The molecule has 1 heterocycles. The van der Waals surface area contributed by atoms with Gasteiger partial charge in [0.2, 0.25) is 0 Å². The molecule has 0 radical (unpaired) electrons. The smallest absolute Gasteiger partial charge is 0.251 e.